The first-order chi connectivity index (χ1) is 19.1. The zero-order chi connectivity index (χ0) is 29.3. The van der Waals surface area contributed by atoms with Gasteiger partial charge in [0, 0.05) is 17.6 Å². The van der Waals surface area contributed by atoms with Crippen LogP contribution in [0.2, 0.25) is 0 Å². The van der Waals surface area contributed by atoms with Gasteiger partial charge in [0.05, 0.1) is 17.2 Å². The first kappa shape index (κ1) is 31.1. The summed E-state index contributed by atoms with van der Waals surface area (Å²) in [5.41, 5.74) is 0.855. The van der Waals surface area contributed by atoms with Crippen LogP contribution in [0, 0.1) is 5.82 Å². The molecule has 0 saturated carbocycles. The lowest BCUT2D eigenvalue weighted by atomic mass is 10.1. The van der Waals surface area contributed by atoms with E-state index in [0.29, 0.717) is 35.4 Å². The lowest BCUT2D eigenvalue weighted by molar-refractivity contribution is -0.140. The molecule has 40 heavy (non-hydrogen) atoms. The number of nitrogens with zero attached hydrogens (tertiary/aromatic N) is 2. The van der Waals surface area contributed by atoms with Gasteiger partial charge in [-0.05, 0) is 86.5 Å². The molecule has 0 aromatic heterocycles. The zero-order valence-electron chi connectivity index (χ0n) is 22.6. The Morgan fingerprint density at radius 3 is 2.12 bits per heavy atom. The van der Waals surface area contributed by atoms with Crippen LogP contribution in [0.5, 0.6) is 5.75 Å². The van der Waals surface area contributed by atoms with E-state index in [1.165, 1.54) is 41.3 Å². The van der Waals surface area contributed by atoms with Crippen molar-refractivity contribution >= 4 is 43.5 Å². The summed E-state index contributed by atoms with van der Waals surface area (Å²) in [7, 11) is -4.19. The Labute approximate surface area is 243 Å². The van der Waals surface area contributed by atoms with Crippen molar-refractivity contribution in [3.8, 4) is 5.75 Å². The van der Waals surface area contributed by atoms with Crippen molar-refractivity contribution in [2.24, 2.45) is 0 Å². The Bertz CT molecular complexity index is 1380. The molecular weight excluding hydrogens is 601 g/mol. The minimum Gasteiger partial charge on any atom is -0.494 e. The third kappa shape index (κ3) is 7.82. The van der Waals surface area contributed by atoms with Gasteiger partial charge in [0.25, 0.3) is 10.0 Å². The van der Waals surface area contributed by atoms with Crippen LogP contribution in [-0.4, -0.2) is 50.9 Å². The average Bonchev–Trinajstić information content (AvgIpc) is 2.93. The number of benzene rings is 3. The number of amides is 2. The van der Waals surface area contributed by atoms with Crippen LogP contribution >= 0.6 is 15.9 Å². The first-order valence-corrected chi connectivity index (χ1v) is 15.2. The molecule has 3 aromatic rings. The van der Waals surface area contributed by atoms with Crippen LogP contribution in [0.25, 0.3) is 0 Å². The smallest absolute Gasteiger partial charge is 0.264 e. The van der Waals surface area contributed by atoms with Gasteiger partial charge < -0.3 is 15.0 Å². The number of carbonyl (C=O) groups excluding carboxylic acids is 2. The van der Waals surface area contributed by atoms with Gasteiger partial charge in [-0.1, -0.05) is 35.0 Å². The normalized spacial score (nSPS) is 11.9. The van der Waals surface area contributed by atoms with Crippen molar-refractivity contribution in [3.05, 3.63) is 88.6 Å². The first-order valence-electron chi connectivity index (χ1n) is 12.9. The van der Waals surface area contributed by atoms with Crippen molar-refractivity contribution in [3.63, 3.8) is 0 Å². The monoisotopic (exact) mass is 633 g/mol. The van der Waals surface area contributed by atoms with E-state index < -0.39 is 34.3 Å². The Morgan fingerprint density at radius 2 is 1.57 bits per heavy atom. The van der Waals surface area contributed by atoms with Gasteiger partial charge in [0.15, 0.2) is 0 Å². The molecule has 0 radical (unpaired) electrons. The number of halogens is 2. The van der Waals surface area contributed by atoms with E-state index in [-0.39, 0.29) is 23.0 Å². The lowest BCUT2D eigenvalue weighted by Gasteiger charge is -2.33. The molecule has 0 bridgehead atoms. The molecule has 1 N–H and O–H groups in total. The molecule has 8 nitrogen and oxygen atoms in total. The molecule has 0 aliphatic heterocycles. The highest BCUT2D eigenvalue weighted by atomic mass is 79.9. The summed E-state index contributed by atoms with van der Waals surface area (Å²) in [5.74, 6) is -0.820. The topological polar surface area (TPSA) is 96.0 Å². The molecule has 0 heterocycles. The fourth-order valence-electron chi connectivity index (χ4n) is 4.14. The van der Waals surface area contributed by atoms with Crippen molar-refractivity contribution in [1.82, 2.24) is 10.2 Å². The third-order valence-electron chi connectivity index (χ3n) is 6.12. The molecule has 1 atom stereocenters. The maximum absolute atomic E-state index is 13.9. The number of hydrogen-bond acceptors (Lipinski definition) is 5. The molecule has 0 fully saturated rings. The van der Waals surface area contributed by atoms with E-state index in [1.807, 2.05) is 6.92 Å². The van der Waals surface area contributed by atoms with Crippen LogP contribution in [0.1, 0.15) is 32.8 Å². The van der Waals surface area contributed by atoms with Gasteiger partial charge in [0.2, 0.25) is 11.8 Å². The summed E-state index contributed by atoms with van der Waals surface area (Å²) in [4.78, 5) is 28.2. The van der Waals surface area contributed by atoms with E-state index in [2.05, 4.69) is 21.2 Å². The van der Waals surface area contributed by atoms with Gasteiger partial charge in [-0.3, -0.25) is 13.9 Å². The third-order valence-corrected chi connectivity index (χ3v) is 8.44. The summed E-state index contributed by atoms with van der Waals surface area (Å²) < 4.78 is 48.5. The molecule has 3 rings (SSSR count). The Morgan fingerprint density at radius 1 is 0.950 bits per heavy atom. The lowest BCUT2D eigenvalue weighted by Crippen LogP contribution is -2.52. The van der Waals surface area contributed by atoms with Crippen molar-refractivity contribution in [1.29, 1.82) is 0 Å². The number of ether oxygens (including phenoxy) is 1. The predicted octanol–water partition coefficient (Wildman–Crippen LogP) is 5.13. The Hall–Kier alpha value is -3.44. The summed E-state index contributed by atoms with van der Waals surface area (Å²) in [6.07, 6.45) is 0.293. The van der Waals surface area contributed by atoms with E-state index >= 15 is 0 Å². The standard InChI is InChI=1S/C29H33BrFN3O5S/c1-4-27(29(36)32-5-2)33(19-21-7-11-23(31)12-8-21)28(35)20-34(24-13-15-25(16-14-24)39-6-3)40(37,38)26-17-9-22(30)10-18-26/h7-18,27H,4-6,19-20H2,1-3H3,(H,32,36)/t27-/m1/s1. The number of hydrogen-bond donors (Lipinski definition) is 1. The number of nitrogens with one attached hydrogen (secondary N) is 1. The van der Waals surface area contributed by atoms with E-state index in [0.717, 1.165) is 4.31 Å². The molecule has 0 aliphatic rings. The van der Waals surface area contributed by atoms with Crippen LogP contribution < -0.4 is 14.4 Å². The quantitative estimate of drug-likeness (QED) is 0.282. The number of sulfonamides is 1. The van der Waals surface area contributed by atoms with Crippen LogP contribution in [0.4, 0.5) is 10.1 Å². The molecule has 0 unspecified atom stereocenters. The molecule has 0 spiro atoms. The van der Waals surface area contributed by atoms with E-state index in [4.69, 9.17) is 4.74 Å². The molecule has 0 saturated heterocycles. The molecule has 0 aliphatic carbocycles. The van der Waals surface area contributed by atoms with Gasteiger partial charge in [-0.2, -0.15) is 0 Å². The van der Waals surface area contributed by atoms with Crippen molar-refractivity contribution in [2.75, 3.05) is 24.0 Å². The highest BCUT2D eigenvalue weighted by molar-refractivity contribution is 9.10. The summed E-state index contributed by atoms with van der Waals surface area (Å²) in [6, 6.07) is 17.3. The van der Waals surface area contributed by atoms with Crippen molar-refractivity contribution < 1.29 is 27.1 Å². The van der Waals surface area contributed by atoms with Gasteiger partial charge in [-0.15, -0.1) is 0 Å². The Balaban J connectivity index is 2.05. The van der Waals surface area contributed by atoms with Crippen molar-refractivity contribution in [2.45, 2.75) is 44.7 Å². The maximum atomic E-state index is 13.9. The van der Waals surface area contributed by atoms with Gasteiger partial charge >= 0.3 is 0 Å². The second-order valence-electron chi connectivity index (χ2n) is 8.86. The molecule has 11 heteroatoms. The SMILES string of the molecule is CCNC(=O)[C@@H](CC)N(Cc1ccc(F)cc1)C(=O)CN(c1ccc(OCC)cc1)S(=O)(=O)c1ccc(Br)cc1. The van der Waals surface area contributed by atoms with Crippen LogP contribution in [-0.2, 0) is 26.2 Å². The largest absolute Gasteiger partial charge is 0.494 e. The highest BCUT2D eigenvalue weighted by Crippen LogP contribution is 2.27. The molecule has 3 aromatic carbocycles. The molecule has 2 amide bonds. The summed E-state index contributed by atoms with van der Waals surface area (Å²) >= 11 is 3.32. The minimum absolute atomic E-state index is 0.00163. The second-order valence-corrected chi connectivity index (χ2v) is 11.6. The highest BCUT2D eigenvalue weighted by Gasteiger charge is 2.33. The maximum Gasteiger partial charge on any atom is 0.264 e. The fourth-order valence-corrected chi connectivity index (χ4v) is 5.81. The minimum atomic E-state index is -4.19. The zero-order valence-corrected chi connectivity index (χ0v) is 25.0. The number of rotatable bonds is 13. The van der Waals surface area contributed by atoms with Gasteiger partial charge in [-0.25, -0.2) is 12.8 Å². The second kappa shape index (κ2) is 14.3. The van der Waals surface area contributed by atoms with E-state index in [9.17, 15) is 22.4 Å². The van der Waals surface area contributed by atoms with Crippen LogP contribution in [0.15, 0.2) is 82.2 Å². The number of likely N-dealkylation sites (N-methyl/N-ethyl adjacent to an activating group) is 1. The fraction of sp³-hybridized carbons (Fsp3) is 0.310. The average molecular weight is 635 g/mol. The number of anilines is 1. The van der Waals surface area contributed by atoms with Gasteiger partial charge in [0.1, 0.15) is 24.2 Å². The molecular formula is C29H33BrFN3O5S. The predicted molar refractivity (Wildman–Crippen MR) is 156 cm³/mol. The van der Waals surface area contributed by atoms with Crippen LogP contribution in [0.3, 0.4) is 0 Å². The Kier molecular flexibility index (Phi) is 11.1. The molecule has 214 valence electrons. The summed E-state index contributed by atoms with van der Waals surface area (Å²) in [5, 5.41) is 2.75. The number of carbonyl (C=O) groups is 2. The van der Waals surface area contributed by atoms with E-state index in [1.54, 1.807) is 50.2 Å². The summed E-state index contributed by atoms with van der Waals surface area (Å²) in [6.45, 7) is 5.61.